The van der Waals surface area contributed by atoms with Gasteiger partial charge >= 0.3 is 0 Å². The number of likely N-dealkylation sites (N-methyl/N-ethyl adjacent to an activating group) is 1. The van der Waals surface area contributed by atoms with Gasteiger partial charge in [-0.3, -0.25) is 9.89 Å². The summed E-state index contributed by atoms with van der Waals surface area (Å²) in [6.07, 6.45) is 0. The molecule has 146 valence electrons. The molecular weight excluding hydrogens is 382 g/mol. The van der Waals surface area contributed by atoms with Gasteiger partial charge in [-0.05, 0) is 42.8 Å². The van der Waals surface area contributed by atoms with E-state index in [0.717, 1.165) is 59.0 Å². The fourth-order valence-electron chi connectivity index (χ4n) is 3.65. The first kappa shape index (κ1) is 18.0. The molecule has 1 aliphatic rings. The second kappa shape index (κ2) is 7.42. The largest absolute Gasteiger partial charge is 0.336 e. The standard InChI is InChI=1S/C22H21N5OS/c1-26-10-12-27(13-11-26)22(28)16-6-4-15(5-7-16)20-17-8-9-18(19-3-2-14-29-19)23-21(17)25-24-20/h2-9,14H,10-13H2,1H3,(H,23,24,25). The van der Waals surface area contributed by atoms with Crippen molar-refractivity contribution in [2.45, 2.75) is 0 Å². The summed E-state index contributed by atoms with van der Waals surface area (Å²) in [7, 11) is 2.09. The van der Waals surface area contributed by atoms with Crippen LogP contribution < -0.4 is 0 Å². The molecular formula is C22H21N5OS. The fraction of sp³-hybridized carbons (Fsp3) is 0.227. The molecule has 0 radical (unpaired) electrons. The minimum absolute atomic E-state index is 0.0985. The SMILES string of the molecule is CN1CCN(C(=O)c2ccc(-c3[nH]nc4nc(-c5cccs5)ccc34)cc2)CC1. The maximum absolute atomic E-state index is 12.7. The van der Waals surface area contributed by atoms with E-state index in [1.807, 2.05) is 46.7 Å². The molecule has 4 heterocycles. The summed E-state index contributed by atoms with van der Waals surface area (Å²) in [5.41, 5.74) is 4.26. The first-order valence-corrected chi connectivity index (χ1v) is 10.5. The molecule has 1 aromatic carbocycles. The lowest BCUT2D eigenvalue weighted by Crippen LogP contribution is -2.47. The number of pyridine rings is 1. The number of aromatic amines is 1. The van der Waals surface area contributed by atoms with E-state index in [9.17, 15) is 4.79 Å². The van der Waals surface area contributed by atoms with Crippen LogP contribution in [0.5, 0.6) is 0 Å². The summed E-state index contributed by atoms with van der Waals surface area (Å²) < 4.78 is 0. The third kappa shape index (κ3) is 3.43. The molecule has 1 amide bonds. The average Bonchev–Trinajstić information content (AvgIpc) is 3.44. The highest BCUT2D eigenvalue weighted by molar-refractivity contribution is 7.13. The van der Waals surface area contributed by atoms with Gasteiger partial charge < -0.3 is 9.80 Å². The van der Waals surface area contributed by atoms with Crippen molar-refractivity contribution < 1.29 is 4.79 Å². The van der Waals surface area contributed by atoms with E-state index < -0.39 is 0 Å². The number of nitrogens with zero attached hydrogens (tertiary/aromatic N) is 4. The molecule has 0 unspecified atom stereocenters. The number of thiophene rings is 1. The zero-order valence-corrected chi connectivity index (χ0v) is 16.9. The van der Waals surface area contributed by atoms with E-state index in [-0.39, 0.29) is 5.91 Å². The van der Waals surface area contributed by atoms with Crippen LogP contribution in [-0.4, -0.2) is 64.1 Å². The third-order valence-electron chi connectivity index (χ3n) is 5.40. The van der Waals surface area contributed by atoms with Gasteiger partial charge in [0.2, 0.25) is 0 Å². The van der Waals surface area contributed by atoms with Gasteiger partial charge in [0.1, 0.15) is 0 Å². The van der Waals surface area contributed by atoms with Crippen LogP contribution >= 0.6 is 11.3 Å². The summed E-state index contributed by atoms with van der Waals surface area (Å²) in [5.74, 6) is 0.0985. The lowest BCUT2D eigenvalue weighted by Gasteiger charge is -2.32. The van der Waals surface area contributed by atoms with Gasteiger partial charge in [-0.15, -0.1) is 11.3 Å². The van der Waals surface area contributed by atoms with Crippen LogP contribution in [0.15, 0.2) is 53.9 Å². The van der Waals surface area contributed by atoms with E-state index in [1.54, 1.807) is 11.3 Å². The number of amides is 1. The molecule has 1 aliphatic heterocycles. The van der Waals surface area contributed by atoms with Gasteiger partial charge in [-0.1, -0.05) is 18.2 Å². The van der Waals surface area contributed by atoms with Gasteiger partial charge in [-0.2, -0.15) is 5.10 Å². The van der Waals surface area contributed by atoms with Crippen molar-refractivity contribution >= 4 is 28.3 Å². The Morgan fingerprint density at radius 2 is 1.83 bits per heavy atom. The van der Waals surface area contributed by atoms with Crippen LogP contribution in [0.25, 0.3) is 32.9 Å². The fourth-order valence-corrected chi connectivity index (χ4v) is 4.35. The Hall–Kier alpha value is -3.03. The van der Waals surface area contributed by atoms with Crippen molar-refractivity contribution in [1.82, 2.24) is 25.0 Å². The van der Waals surface area contributed by atoms with Crippen LogP contribution in [0.1, 0.15) is 10.4 Å². The Morgan fingerprint density at radius 1 is 1.03 bits per heavy atom. The van der Waals surface area contributed by atoms with Gasteiger partial charge in [0.25, 0.3) is 5.91 Å². The Balaban J connectivity index is 1.40. The van der Waals surface area contributed by atoms with E-state index in [0.29, 0.717) is 5.65 Å². The monoisotopic (exact) mass is 403 g/mol. The summed E-state index contributed by atoms with van der Waals surface area (Å²) in [6.45, 7) is 3.40. The Kier molecular flexibility index (Phi) is 4.61. The summed E-state index contributed by atoms with van der Waals surface area (Å²) >= 11 is 1.66. The van der Waals surface area contributed by atoms with Crippen molar-refractivity contribution in [3.05, 3.63) is 59.5 Å². The Bertz CT molecular complexity index is 1140. The number of piperazine rings is 1. The topological polar surface area (TPSA) is 65.1 Å². The minimum atomic E-state index is 0.0985. The number of rotatable bonds is 3. The number of nitrogens with one attached hydrogen (secondary N) is 1. The van der Waals surface area contributed by atoms with Gasteiger partial charge in [-0.25, -0.2) is 4.98 Å². The van der Waals surface area contributed by atoms with E-state index in [4.69, 9.17) is 0 Å². The van der Waals surface area contributed by atoms with Crippen molar-refractivity contribution in [1.29, 1.82) is 0 Å². The van der Waals surface area contributed by atoms with Gasteiger partial charge in [0.15, 0.2) is 5.65 Å². The van der Waals surface area contributed by atoms with Crippen LogP contribution in [0.2, 0.25) is 0 Å². The molecule has 29 heavy (non-hydrogen) atoms. The van der Waals surface area contributed by atoms with E-state index in [2.05, 4.69) is 39.3 Å². The molecule has 3 aromatic heterocycles. The van der Waals surface area contributed by atoms with E-state index in [1.165, 1.54) is 0 Å². The number of carbonyl (C=O) groups excluding carboxylic acids is 1. The van der Waals surface area contributed by atoms with Crippen molar-refractivity contribution in [3.63, 3.8) is 0 Å². The lowest BCUT2D eigenvalue weighted by molar-refractivity contribution is 0.0664. The average molecular weight is 404 g/mol. The second-order valence-corrected chi connectivity index (χ2v) is 8.26. The number of aromatic nitrogens is 3. The molecule has 1 fully saturated rings. The van der Waals surface area contributed by atoms with Crippen LogP contribution in [0.4, 0.5) is 0 Å². The molecule has 4 aromatic rings. The summed E-state index contributed by atoms with van der Waals surface area (Å²) in [4.78, 5) is 22.7. The Morgan fingerprint density at radius 3 is 2.55 bits per heavy atom. The highest BCUT2D eigenvalue weighted by Crippen LogP contribution is 2.29. The predicted octanol–water partition coefficient (Wildman–Crippen LogP) is 3.74. The molecule has 6 nitrogen and oxygen atoms in total. The molecule has 0 atom stereocenters. The summed E-state index contributed by atoms with van der Waals surface area (Å²) in [5, 5.41) is 10.5. The normalized spacial score (nSPS) is 15.1. The Labute approximate surface area is 172 Å². The number of fused-ring (bicyclic) bond motifs is 1. The molecule has 0 bridgehead atoms. The minimum Gasteiger partial charge on any atom is -0.336 e. The highest BCUT2D eigenvalue weighted by Gasteiger charge is 2.20. The smallest absolute Gasteiger partial charge is 0.253 e. The zero-order valence-electron chi connectivity index (χ0n) is 16.1. The number of hydrogen-bond acceptors (Lipinski definition) is 5. The molecule has 0 spiro atoms. The molecule has 5 rings (SSSR count). The molecule has 0 aliphatic carbocycles. The maximum atomic E-state index is 12.7. The molecule has 1 N–H and O–H groups in total. The van der Waals surface area contributed by atoms with Gasteiger partial charge in [0, 0.05) is 42.7 Å². The van der Waals surface area contributed by atoms with Gasteiger partial charge in [0.05, 0.1) is 16.3 Å². The lowest BCUT2D eigenvalue weighted by atomic mass is 10.1. The molecule has 0 saturated carbocycles. The number of hydrogen-bond donors (Lipinski definition) is 1. The number of H-pyrrole nitrogens is 1. The van der Waals surface area contributed by atoms with Crippen LogP contribution in [-0.2, 0) is 0 Å². The molecule has 7 heteroatoms. The van der Waals surface area contributed by atoms with Crippen LogP contribution in [0, 0.1) is 0 Å². The quantitative estimate of drug-likeness (QED) is 0.566. The van der Waals surface area contributed by atoms with Crippen molar-refractivity contribution in [2.24, 2.45) is 0 Å². The number of carbonyl (C=O) groups is 1. The first-order valence-electron chi connectivity index (χ1n) is 9.66. The predicted molar refractivity (Wildman–Crippen MR) is 116 cm³/mol. The van der Waals surface area contributed by atoms with Crippen molar-refractivity contribution in [3.8, 4) is 21.8 Å². The highest BCUT2D eigenvalue weighted by atomic mass is 32.1. The van der Waals surface area contributed by atoms with E-state index >= 15 is 0 Å². The molecule has 1 saturated heterocycles. The second-order valence-electron chi connectivity index (χ2n) is 7.32. The van der Waals surface area contributed by atoms with Crippen molar-refractivity contribution in [2.75, 3.05) is 33.2 Å². The van der Waals surface area contributed by atoms with Crippen LogP contribution in [0.3, 0.4) is 0 Å². The number of benzene rings is 1. The first-order chi connectivity index (χ1) is 14.2. The maximum Gasteiger partial charge on any atom is 0.253 e. The third-order valence-corrected chi connectivity index (χ3v) is 6.30. The summed E-state index contributed by atoms with van der Waals surface area (Å²) in [6, 6.07) is 15.9. The zero-order chi connectivity index (χ0) is 19.8.